The van der Waals surface area contributed by atoms with E-state index >= 15 is 0 Å². The number of hydrogen-bond donors (Lipinski definition) is 0. The number of carbonyl (C=O) groups is 1. The van der Waals surface area contributed by atoms with Gasteiger partial charge in [-0.3, -0.25) is 4.79 Å². The highest BCUT2D eigenvalue weighted by Gasteiger charge is 2.32. The van der Waals surface area contributed by atoms with Crippen LogP contribution in [0.2, 0.25) is 0 Å². The van der Waals surface area contributed by atoms with Crippen LogP contribution < -0.4 is 0 Å². The van der Waals surface area contributed by atoms with Gasteiger partial charge in [-0.15, -0.1) is 0 Å². The first-order chi connectivity index (χ1) is 10.7. The number of likely N-dealkylation sites (tertiary alicyclic amines) is 2. The maximum atomic E-state index is 11.3. The van der Waals surface area contributed by atoms with Crippen molar-refractivity contribution in [3.63, 3.8) is 0 Å². The Hall–Kier alpha value is 0.890. The first kappa shape index (κ1) is 23.9. The van der Waals surface area contributed by atoms with Crippen LogP contribution in [0, 0.1) is 23.7 Å². The SMILES string of the molecule is CC1CC(=O)N(C)C(C)C1C.CC1CCN(C)C(C)C1C.II. The molecule has 2 rings (SSSR count). The van der Waals surface area contributed by atoms with Crippen molar-refractivity contribution in [2.45, 2.75) is 66.5 Å². The maximum Gasteiger partial charge on any atom is 0.222 e. The number of piperidine rings is 2. The zero-order chi connectivity index (χ0) is 18.3. The second kappa shape index (κ2) is 11.5. The van der Waals surface area contributed by atoms with Crippen molar-refractivity contribution >= 4 is 43.1 Å². The quantitative estimate of drug-likeness (QED) is 0.385. The standard InChI is InChI=1S/C9H17NO.C9H19N.I2/c1-6-5-9(11)10(4)8(3)7(6)2;1-7-5-6-10(4)9(3)8(7)2;1-2/h6-8H,5H2,1-4H3;7-9H,5-6H2,1-4H3;. The zero-order valence-corrected chi connectivity index (χ0v) is 20.5. The van der Waals surface area contributed by atoms with Crippen molar-refractivity contribution in [3.05, 3.63) is 0 Å². The Morgan fingerprint density at radius 2 is 1.35 bits per heavy atom. The van der Waals surface area contributed by atoms with E-state index in [1.54, 1.807) is 0 Å². The van der Waals surface area contributed by atoms with Crippen LogP contribution in [0.1, 0.15) is 54.4 Å². The minimum absolute atomic E-state index is 0.295. The fourth-order valence-corrected chi connectivity index (χ4v) is 3.41. The summed E-state index contributed by atoms with van der Waals surface area (Å²) in [5, 5.41) is 0. The van der Waals surface area contributed by atoms with E-state index in [9.17, 15) is 4.79 Å². The molecule has 138 valence electrons. The van der Waals surface area contributed by atoms with Crippen LogP contribution in [0.3, 0.4) is 0 Å². The van der Waals surface area contributed by atoms with Crippen LogP contribution in [0.5, 0.6) is 0 Å². The molecule has 0 bridgehead atoms. The molecule has 1 amide bonds. The monoisotopic (exact) mass is 550 g/mol. The van der Waals surface area contributed by atoms with Crippen molar-refractivity contribution in [1.82, 2.24) is 9.80 Å². The van der Waals surface area contributed by atoms with Gasteiger partial charge in [-0.2, -0.15) is 0 Å². The molecule has 0 saturated carbocycles. The third kappa shape index (κ3) is 6.96. The molecule has 2 aliphatic rings. The Bertz CT molecular complexity index is 340. The van der Waals surface area contributed by atoms with Crippen LogP contribution in [-0.2, 0) is 4.79 Å². The molecule has 3 nitrogen and oxygen atoms in total. The van der Waals surface area contributed by atoms with Crippen LogP contribution in [-0.4, -0.2) is 48.4 Å². The highest BCUT2D eigenvalue weighted by molar-refractivity contribution is 15.0. The lowest BCUT2D eigenvalue weighted by atomic mass is 9.83. The van der Waals surface area contributed by atoms with E-state index in [0.717, 1.165) is 24.3 Å². The summed E-state index contributed by atoms with van der Waals surface area (Å²) >= 11 is 4.24. The van der Waals surface area contributed by atoms with Gasteiger partial charge in [0.25, 0.3) is 0 Å². The predicted molar refractivity (Wildman–Crippen MR) is 118 cm³/mol. The fourth-order valence-electron chi connectivity index (χ4n) is 3.41. The average molecular weight is 550 g/mol. The number of amides is 1. The molecule has 0 spiro atoms. The van der Waals surface area contributed by atoms with E-state index < -0.39 is 0 Å². The van der Waals surface area contributed by atoms with Crippen LogP contribution in [0.15, 0.2) is 0 Å². The molecule has 6 atom stereocenters. The van der Waals surface area contributed by atoms with Crippen molar-refractivity contribution in [3.8, 4) is 0 Å². The molecule has 2 saturated heterocycles. The first-order valence-corrected chi connectivity index (χ1v) is 15.1. The lowest BCUT2D eigenvalue weighted by Gasteiger charge is -2.39. The van der Waals surface area contributed by atoms with Crippen molar-refractivity contribution in [2.75, 3.05) is 20.6 Å². The van der Waals surface area contributed by atoms with Gasteiger partial charge >= 0.3 is 0 Å². The maximum absolute atomic E-state index is 11.3. The molecular weight excluding hydrogens is 514 g/mol. The number of carbonyl (C=O) groups excluding carboxylic acids is 1. The third-order valence-corrected chi connectivity index (χ3v) is 6.45. The molecule has 0 N–H and O–H groups in total. The predicted octanol–water partition coefficient (Wildman–Crippen LogP) is 5.26. The first-order valence-electron chi connectivity index (χ1n) is 8.77. The van der Waals surface area contributed by atoms with Gasteiger partial charge in [0.15, 0.2) is 0 Å². The highest BCUT2D eigenvalue weighted by atomic mass is 128. The van der Waals surface area contributed by atoms with Crippen LogP contribution >= 0.6 is 37.2 Å². The highest BCUT2D eigenvalue weighted by Crippen LogP contribution is 2.28. The average Bonchev–Trinajstić information content (AvgIpc) is 2.55. The molecule has 23 heavy (non-hydrogen) atoms. The molecule has 0 aliphatic carbocycles. The molecule has 0 aromatic rings. The Morgan fingerprint density at radius 1 is 0.870 bits per heavy atom. The van der Waals surface area contributed by atoms with Crippen LogP contribution in [0.4, 0.5) is 0 Å². The molecule has 6 unspecified atom stereocenters. The zero-order valence-electron chi connectivity index (χ0n) is 16.1. The normalized spacial score (nSPS) is 38.2. The topological polar surface area (TPSA) is 23.6 Å². The van der Waals surface area contributed by atoms with Gasteiger partial charge in [-0.05, 0) is 57.5 Å². The fraction of sp³-hybridized carbons (Fsp3) is 0.944. The van der Waals surface area contributed by atoms with E-state index in [2.05, 4.69) is 90.7 Å². The summed E-state index contributed by atoms with van der Waals surface area (Å²) in [6.45, 7) is 14.9. The summed E-state index contributed by atoms with van der Waals surface area (Å²) in [6, 6.07) is 1.19. The smallest absolute Gasteiger partial charge is 0.222 e. The Labute approximate surface area is 167 Å². The number of hydrogen-bond acceptors (Lipinski definition) is 2. The molecular formula is C18H36I2N2O. The molecule has 0 aromatic carbocycles. The van der Waals surface area contributed by atoms with Gasteiger partial charge in [0.2, 0.25) is 5.91 Å². The number of nitrogens with zero attached hydrogens (tertiary/aromatic N) is 2. The Balaban J connectivity index is 0.000000381. The van der Waals surface area contributed by atoms with E-state index in [1.807, 2.05) is 11.9 Å². The minimum Gasteiger partial charge on any atom is -0.343 e. The van der Waals surface area contributed by atoms with E-state index in [-0.39, 0.29) is 0 Å². The summed E-state index contributed by atoms with van der Waals surface area (Å²) in [5.41, 5.74) is 0. The Morgan fingerprint density at radius 3 is 1.83 bits per heavy atom. The second-order valence-corrected chi connectivity index (χ2v) is 7.63. The molecule has 0 aromatic heterocycles. The largest absolute Gasteiger partial charge is 0.343 e. The van der Waals surface area contributed by atoms with Gasteiger partial charge < -0.3 is 9.80 Å². The number of rotatable bonds is 0. The van der Waals surface area contributed by atoms with Crippen molar-refractivity contribution in [1.29, 1.82) is 0 Å². The summed E-state index contributed by atoms with van der Waals surface area (Å²) in [6.07, 6.45) is 2.10. The van der Waals surface area contributed by atoms with Crippen molar-refractivity contribution in [2.24, 2.45) is 23.7 Å². The van der Waals surface area contributed by atoms with Crippen LogP contribution in [0.25, 0.3) is 0 Å². The van der Waals surface area contributed by atoms with Gasteiger partial charge in [0, 0.05) is 62.8 Å². The molecule has 2 fully saturated rings. The second-order valence-electron chi connectivity index (χ2n) is 7.63. The molecule has 2 heterocycles. The summed E-state index contributed by atoms with van der Waals surface area (Å²) < 4.78 is 0. The Kier molecular flexibility index (Phi) is 11.9. The number of halogens is 2. The van der Waals surface area contributed by atoms with E-state index in [0.29, 0.717) is 23.8 Å². The van der Waals surface area contributed by atoms with Crippen molar-refractivity contribution < 1.29 is 4.79 Å². The lowest BCUT2D eigenvalue weighted by Crippen LogP contribution is -2.46. The van der Waals surface area contributed by atoms with E-state index in [1.165, 1.54) is 13.0 Å². The van der Waals surface area contributed by atoms with Gasteiger partial charge in [0.1, 0.15) is 0 Å². The van der Waals surface area contributed by atoms with E-state index in [4.69, 9.17) is 0 Å². The van der Waals surface area contributed by atoms with Gasteiger partial charge in [-0.25, -0.2) is 0 Å². The summed E-state index contributed by atoms with van der Waals surface area (Å²) in [5.74, 6) is 3.28. The summed E-state index contributed by atoms with van der Waals surface area (Å²) in [7, 11) is 4.13. The molecule has 5 heteroatoms. The molecule has 0 radical (unpaired) electrons. The lowest BCUT2D eigenvalue weighted by molar-refractivity contribution is -0.138. The third-order valence-electron chi connectivity index (χ3n) is 6.45. The minimum atomic E-state index is 0.295. The van der Waals surface area contributed by atoms with Gasteiger partial charge in [0.05, 0.1) is 0 Å². The van der Waals surface area contributed by atoms with Gasteiger partial charge in [-0.1, -0.05) is 27.7 Å². The molecule has 2 aliphatic heterocycles. The summed E-state index contributed by atoms with van der Waals surface area (Å²) in [4.78, 5) is 15.6.